The minimum Gasteiger partial charge on any atom is -0.726 e. The fourth-order valence-corrected chi connectivity index (χ4v) is 4.33. The summed E-state index contributed by atoms with van der Waals surface area (Å²) < 4.78 is 37.0. The van der Waals surface area contributed by atoms with Crippen LogP contribution in [0.1, 0.15) is 142 Å². The van der Waals surface area contributed by atoms with Gasteiger partial charge in [-0.15, -0.1) is 0 Å². The largest absolute Gasteiger partial charge is 1.00 e. The molecule has 0 aliphatic rings. The molecule has 0 saturated carbocycles. The SMILES string of the molecule is CCCCCCCC/C=C/C(CCCCCCCCCCCCCC)COS(=O)(=O)[O-].[K+]. The molecule has 0 aromatic carbocycles. The Bertz CT molecular complexity index is 494. The maximum absolute atomic E-state index is 10.8. The van der Waals surface area contributed by atoms with Crippen molar-refractivity contribution in [2.24, 2.45) is 5.92 Å². The molecule has 1 unspecified atom stereocenters. The first-order valence-electron chi connectivity index (χ1n) is 13.3. The molecule has 0 aliphatic heterocycles. The standard InChI is InChI=1S/C26H52O4S.K/c1-3-5-7-9-11-13-14-15-16-18-20-22-24-26(25-30-31(27,28)29)23-21-19-17-12-10-8-6-4-2;/h21,23,26H,3-20,22,24-25H2,1-2H3,(H,27,28,29);/q;+1/p-1/b23-21+;. The normalized spacial score (nSPS) is 12.8. The first-order valence-corrected chi connectivity index (χ1v) is 14.6. The van der Waals surface area contributed by atoms with Gasteiger partial charge in [0.15, 0.2) is 0 Å². The van der Waals surface area contributed by atoms with E-state index in [1.807, 2.05) is 0 Å². The molecule has 1 atom stereocenters. The Labute approximate surface area is 243 Å². The topological polar surface area (TPSA) is 66.4 Å². The molecule has 6 heteroatoms. The van der Waals surface area contributed by atoms with E-state index in [0.717, 1.165) is 19.3 Å². The summed E-state index contributed by atoms with van der Waals surface area (Å²) in [6.07, 6.45) is 29.4. The molecule has 0 saturated heterocycles. The minimum absolute atomic E-state index is 0. The summed E-state index contributed by atoms with van der Waals surface area (Å²) in [4.78, 5) is 0. The van der Waals surface area contributed by atoms with Crippen LogP contribution in [0.15, 0.2) is 12.2 Å². The zero-order valence-electron chi connectivity index (χ0n) is 21.6. The number of rotatable bonds is 24. The van der Waals surface area contributed by atoms with Gasteiger partial charge >= 0.3 is 51.4 Å². The fourth-order valence-electron chi connectivity index (χ4n) is 3.98. The van der Waals surface area contributed by atoms with Crippen molar-refractivity contribution in [1.29, 1.82) is 0 Å². The van der Waals surface area contributed by atoms with Crippen LogP contribution in [0, 0.1) is 5.92 Å². The van der Waals surface area contributed by atoms with Gasteiger partial charge in [-0.2, -0.15) is 0 Å². The van der Waals surface area contributed by atoms with E-state index >= 15 is 0 Å². The van der Waals surface area contributed by atoms with Crippen LogP contribution in [0.3, 0.4) is 0 Å². The molecule has 0 amide bonds. The molecule has 186 valence electrons. The van der Waals surface area contributed by atoms with Crippen LogP contribution in [0.25, 0.3) is 0 Å². The summed E-state index contributed by atoms with van der Waals surface area (Å²) in [6.45, 7) is 4.47. The Morgan fingerprint density at radius 1 is 0.688 bits per heavy atom. The maximum Gasteiger partial charge on any atom is 1.00 e. The third kappa shape index (κ3) is 29.3. The summed E-state index contributed by atoms with van der Waals surface area (Å²) in [7, 11) is -4.61. The Balaban J connectivity index is 0. The van der Waals surface area contributed by atoms with E-state index in [0.29, 0.717) is 0 Å². The second-order valence-electron chi connectivity index (χ2n) is 9.12. The Morgan fingerprint density at radius 2 is 1.09 bits per heavy atom. The third-order valence-electron chi connectivity index (χ3n) is 5.99. The Hall–Kier alpha value is 1.25. The van der Waals surface area contributed by atoms with Crippen LogP contribution in [0.4, 0.5) is 0 Å². The molecule has 0 bridgehead atoms. The van der Waals surface area contributed by atoms with E-state index in [4.69, 9.17) is 0 Å². The zero-order valence-corrected chi connectivity index (χ0v) is 25.6. The predicted molar refractivity (Wildman–Crippen MR) is 132 cm³/mol. The van der Waals surface area contributed by atoms with Crippen molar-refractivity contribution in [2.75, 3.05) is 6.61 Å². The minimum atomic E-state index is -4.61. The van der Waals surface area contributed by atoms with Crippen LogP contribution in [0.2, 0.25) is 0 Å². The van der Waals surface area contributed by atoms with Crippen molar-refractivity contribution < 1.29 is 68.5 Å². The zero-order chi connectivity index (χ0) is 23.0. The van der Waals surface area contributed by atoms with Crippen molar-refractivity contribution in [3.8, 4) is 0 Å². The van der Waals surface area contributed by atoms with Gasteiger partial charge in [-0.3, -0.25) is 4.18 Å². The Kier molecular flexibility index (Phi) is 29.7. The molecule has 0 fully saturated rings. The molecule has 0 N–H and O–H groups in total. The predicted octanol–water partition coefficient (Wildman–Crippen LogP) is 5.48. The van der Waals surface area contributed by atoms with Crippen LogP contribution >= 0.6 is 0 Å². The monoisotopic (exact) mass is 498 g/mol. The van der Waals surface area contributed by atoms with E-state index in [1.54, 1.807) is 0 Å². The van der Waals surface area contributed by atoms with Gasteiger partial charge in [0.05, 0.1) is 6.61 Å². The van der Waals surface area contributed by atoms with Gasteiger partial charge in [0, 0.05) is 5.92 Å². The molecular formula is C26H51KO4S. The van der Waals surface area contributed by atoms with Crippen molar-refractivity contribution in [3.05, 3.63) is 12.2 Å². The molecule has 0 aromatic rings. The van der Waals surface area contributed by atoms with Gasteiger partial charge in [0.2, 0.25) is 10.4 Å². The van der Waals surface area contributed by atoms with Gasteiger partial charge in [0.25, 0.3) is 0 Å². The second kappa shape index (κ2) is 26.8. The first kappa shape index (κ1) is 35.4. The molecule has 0 radical (unpaired) electrons. The van der Waals surface area contributed by atoms with Gasteiger partial charge in [0.1, 0.15) is 0 Å². The Morgan fingerprint density at radius 3 is 1.53 bits per heavy atom. The molecule has 4 nitrogen and oxygen atoms in total. The van der Waals surface area contributed by atoms with E-state index in [9.17, 15) is 13.0 Å². The number of allylic oxidation sites excluding steroid dienone is 1. The molecule has 0 aromatic heterocycles. The fraction of sp³-hybridized carbons (Fsp3) is 0.923. The van der Waals surface area contributed by atoms with E-state index in [1.165, 1.54) is 109 Å². The van der Waals surface area contributed by atoms with Crippen molar-refractivity contribution in [1.82, 2.24) is 0 Å². The van der Waals surface area contributed by atoms with Crippen molar-refractivity contribution in [3.63, 3.8) is 0 Å². The average molecular weight is 499 g/mol. The van der Waals surface area contributed by atoms with Gasteiger partial charge in [-0.1, -0.05) is 135 Å². The van der Waals surface area contributed by atoms with Gasteiger partial charge in [-0.05, 0) is 19.3 Å². The second-order valence-corrected chi connectivity index (χ2v) is 10.2. The summed E-state index contributed by atoms with van der Waals surface area (Å²) in [5.41, 5.74) is 0. The van der Waals surface area contributed by atoms with E-state index in [2.05, 4.69) is 30.2 Å². The smallest absolute Gasteiger partial charge is 0.726 e. The van der Waals surface area contributed by atoms with Gasteiger partial charge in [-0.25, -0.2) is 8.42 Å². The van der Waals surface area contributed by atoms with Crippen LogP contribution in [-0.4, -0.2) is 19.6 Å². The number of hydrogen-bond donors (Lipinski definition) is 0. The van der Waals surface area contributed by atoms with E-state index < -0.39 is 10.4 Å². The van der Waals surface area contributed by atoms with Crippen molar-refractivity contribution in [2.45, 2.75) is 142 Å². The summed E-state index contributed by atoms with van der Waals surface area (Å²) in [6, 6.07) is 0. The molecule has 0 rings (SSSR count). The summed E-state index contributed by atoms with van der Waals surface area (Å²) in [5, 5.41) is 0. The van der Waals surface area contributed by atoms with Crippen LogP contribution in [-0.2, 0) is 14.6 Å². The average Bonchev–Trinajstić information content (AvgIpc) is 2.73. The van der Waals surface area contributed by atoms with Crippen molar-refractivity contribution >= 4 is 10.4 Å². The molecule has 0 aliphatic carbocycles. The molecule has 0 heterocycles. The summed E-state index contributed by atoms with van der Waals surface area (Å²) in [5.74, 6) is 0.0203. The third-order valence-corrected chi connectivity index (χ3v) is 6.41. The summed E-state index contributed by atoms with van der Waals surface area (Å²) >= 11 is 0. The number of unbranched alkanes of at least 4 members (excludes halogenated alkanes) is 17. The first-order chi connectivity index (χ1) is 15.0. The molecular weight excluding hydrogens is 447 g/mol. The van der Waals surface area contributed by atoms with Crippen LogP contribution < -0.4 is 51.4 Å². The van der Waals surface area contributed by atoms with E-state index in [-0.39, 0.29) is 63.9 Å². The van der Waals surface area contributed by atoms with Gasteiger partial charge < -0.3 is 4.55 Å². The maximum atomic E-state index is 10.8. The molecule has 32 heavy (non-hydrogen) atoms. The van der Waals surface area contributed by atoms with Crippen LogP contribution in [0.5, 0.6) is 0 Å². The number of hydrogen-bond acceptors (Lipinski definition) is 4. The quantitative estimate of drug-likeness (QED) is 0.0581. The molecule has 0 spiro atoms.